The van der Waals surface area contributed by atoms with Gasteiger partial charge in [-0.3, -0.25) is 0 Å². The molecule has 0 unspecified atom stereocenters. The molecule has 0 atom stereocenters. The fraction of sp³-hybridized carbons (Fsp3) is 0. The average molecular weight is 731 g/mol. The number of benzene rings is 7. The van der Waals surface area contributed by atoms with Crippen LogP contribution in [0.1, 0.15) is 0 Å². The molecular formula is C50H30N6O. The Morgan fingerprint density at radius 1 is 0.368 bits per heavy atom. The number of rotatable bonds is 6. The van der Waals surface area contributed by atoms with E-state index in [0.717, 1.165) is 71.9 Å². The third-order valence-electron chi connectivity index (χ3n) is 10.5. The Morgan fingerprint density at radius 2 is 0.982 bits per heavy atom. The lowest BCUT2D eigenvalue weighted by molar-refractivity contribution is 0.652. The van der Waals surface area contributed by atoms with E-state index < -0.39 is 0 Å². The van der Waals surface area contributed by atoms with Gasteiger partial charge in [-0.05, 0) is 56.4 Å². The van der Waals surface area contributed by atoms with Crippen LogP contribution < -0.4 is 0 Å². The van der Waals surface area contributed by atoms with Gasteiger partial charge in [0.05, 0.1) is 5.39 Å². The van der Waals surface area contributed by atoms with Crippen LogP contribution in [0, 0.1) is 0 Å². The number of hydrogen-bond acceptors (Lipinski definition) is 7. The Bertz CT molecular complexity index is 3230. The maximum absolute atomic E-state index is 6.32. The van der Waals surface area contributed by atoms with Gasteiger partial charge in [-0.15, -0.1) is 0 Å². The van der Waals surface area contributed by atoms with E-state index in [-0.39, 0.29) is 0 Å². The molecule has 7 heteroatoms. The summed E-state index contributed by atoms with van der Waals surface area (Å²) in [6, 6.07) is 58.2. The van der Waals surface area contributed by atoms with Gasteiger partial charge in [0.2, 0.25) is 5.71 Å². The van der Waals surface area contributed by atoms with Crippen LogP contribution in [0.2, 0.25) is 0 Å². The normalized spacial score (nSPS) is 11.5. The summed E-state index contributed by atoms with van der Waals surface area (Å²) < 4.78 is 6.32. The van der Waals surface area contributed by atoms with Crippen LogP contribution in [0.15, 0.2) is 187 Å². The van der Waals surface area contributed by atoms with E-state index >= 15 is 0 Å². The molecule has 0 spiro atoms. The van der Waals surface area contributed by atoms with Crippen LogP contribution in [0.25, 0.3) is 111 Å². The Morgan fingerprint density at radius 3 is 1.75 bits per heavy atom. The molecule has 0 aliphatic heterocycles. The van der Waals surface area contributed by atoms with Gasteiger partial charge in [0.1, 0.15) is 17.5 Å². The molecular weight excluding hydrogens is 701 g/mol. The number of furan rings is 1. The van der Waals surface area contributed by atoms with Crippen molar-refractivity contribution in [3.8, 4) is 67.7 Å². The SMILES string of the molecule is c1ccc(-c2nc(-c3ccccc3)nc(-c3cccc4cc(-c5ccc(-c6ncnc7c6oc6ncc(-c8ccc9ccccc9c8)cc67)cc5)ccc34)n2)cc1. The smallest absolute Gasteiger partial charge is 0.229 e. The molecule has 0 fully saturated rings. The lowest BCUT2D eigenvalue weighted by Gasteiger charge is -2.11. The second-order valence-corrected chi connectivity index (χ2v) is 14.0. The molecule has 11 aromatic rings. The van der Waals surface area contributed by atoms with Crippen LogP contribution >= 0.6 is 0 Å². The van der Waals surface area contributed by atoms with Crippen molar-refractivity contribution in [1.29, 1.82) is 0 Å². The maximum Gasteiger partial charge on any atom is 0.229 e. The molecule has 4 heterocycles. The molecule has 0 saturated heterocycles. The molecule has 7 nitrogen and oxygen atoms in total. The van der Waals surface area contributed by atoms with Crippen molar-refractivity contribution in [2.24, 2.45) is 0 Å². The van der Waals surface area contributed by atoms with Crippen molar-refractivity contribution in [1.82, 2.24) is 29.9 Å². The van der Waals surface area contributed by atoms with Crippen molar-refractivity contribution in [3.05, 3.63) is 182 Å². The highest BCUT2D eigenvalue weighted by molar-refractivity contribution is 6.06. The van der Waals surface area contributed by atoms with Gasteiger partial charge >= 0.3 is 0 Å². The van der Waals surface area contributed by atoms with E-state index in [1.165, 1.54) is 10.8 Å². The highest BCUT2D eigenvalue weighted by Gasteiger charge is 2.18. The first-order valence-electron chi connectivity index (χ1n) is 18.8. The summed E-state index contributed by atoms with van der Waals surface area (Å²) >= 11 is 0. The monoisotopic (exact) mass is 730 g/mol. The zero-order chi connectivity index (χ0) is 37.7. The van der Waals surface area contributed by atoms with E-state index in [0.29, 0.717) is 28.8 Å². The molecule has 57 heavy (non-hydrogen) atoms. The van der Waals surface area contributed by atoms with Gasteiger partial charge < -0.3 is 4.42 Å². The molecule has 11 rings (SSSR count). The van der Waals surface area contributed by atoms with E-state index in [1.54, 1.807) is 6.33 Å². The first-order chi connectivity index (χ1) is 28.2. The Hall–Kier alpha value is -7.90. The van der Waals surface area contributed by atoms with E-state index in [2.05, 4.69) is 119 Å². The Labute approximate surface area is 327 Å². The first-order valence-corrected chi connectivity index (χ1v) is 18.8. The summed E-state index contributed by atoms with van der Waals surface area (Å²) in [5.41, 5.74) is 10.7. The predicted octanol–water partition coefficient (Wildman–Crippen LogP) is 12.3. The molecule has 0 saturated carbocycles. The molecule has 0 radical (unpaired) electrons. The van der Waals surface area contributed by atoms with Gasteiger partial charge in [0.25, 0.3) is 0 Å². The van der Waals surface area contributed by atoms with Crippen molar-refractivity contribution in [2.45, 2.75) is 0 Å². The predicted molar refractivity (Wildman–Crippen MR) is 228 cm³/mol. The van der Waals surface area contributed by atoms with Crippen LogP contribution in [0.4, 0.5) is 0 Å². The van der Waals surface area contributed by atoms with Crippen LogP contribution in [0.5, 0.6) is 0 Å². The van der Waals surface area contributed by atoms with E-state index in [9.17, 15) is 0 Å². The highest BCUT2D eigenvalue weighted by atomic mass is 16.3. The first kappa shape index (κ1) is 32.5. The number of pyridine rings is 1. The minimum Gasteiger partial charge on any atom is -0.434 e. The van der Waals surface area contributed by atoms with Gasteiger partial charge in [-0.1, -0.05) is 152 Å². The summed E-state index contributed by atoms with van der Waals surface area (Å²) in [7, 11) is 0. The number of aromatic nitrogens is 6. The van der Waals surface area contributed by atoms with Crippen LogP contribution in [0.3, 0.4) is 0 Å². The molecule has 0 N–H and O–H groups in total. The third-order valence-corrected chi connectivity index (χ3v) is 10.5. The minimum absolute atomic E-state index is 0.535. The number of nitrogens with zero attached hydrogens (tertiary/aromatic N) is 6. The van der Waals surface area contributed by atoms with Crippen molar-refractivity contribution < 1.29 is 4.42 Å². The van der Waals surface area contributed by atoms with Crippen LogP contribution in [-0.4, -0.2) is 29.9 Å². The fourth-order valence-corrected chi connectivity index (χ4v) is 7.60. The van der Waals surface area contributed by atoms with Crippen molar-refractivity contribution in [3.63, 3.8) is 0 Å². The summed E-state index contributed by atoms with van der Waals surface area (Å²) in [5.74, 6) is 1.91. The number of hydrogen-bond donors (Lipinski definition) is 0. The minimum atomic E-state index is 0.535. The van der Waals surface area contributed by atoms with Gasteiger partial charge in [-0.2, -0.15) is 0 Å². The van der Waals surface area contributed by atoms with E-state index in [1.807, 2.05) is 66.9 Å². The zero-order valence-electron chi connectivity index (χ0n) is 30.4. The summed E-state index contributed by atoms with van der Waals surface area (Å²) in [4.78, 5) is 28.9. The standard InChI is InChI=1S/C50H30N6O/c1-3-11-34(12-4-1)47-54-48(35-13-5-2-6-14-35)56-49(55-47)42-17-9-16-39-27-37(24-25-41(39)42)32-18-21-33(22-19-32)44-46-45(53-30-52-44)43-28-40(29-51-50(43)57-46)38-23-20-31-10-7-8-15-36(31)26-38/h1-30H. The largest absolute Gasteiger partial charge is 0.434 e. The van der Waals surface area contributed by atoms with Crippen LogP contribution in [-0.2, 0) is 0 Å². The molecule has 266 valence electrons. The zero-order valence-corrected chi connectivity index (χ0v) is 30.4. The molecule has 0 bridgehead atoms. The van der Waals surface area contributed by atoms with Gasteiger partial charge in [0, 0.05) is 34.0 Å². The molecule has 0 aliphatic rings. The lowest BCUT2D eigenvalue weighted by Crippen LogP contribution is -2.00. The topological polar surface area (TPSA) is 90.5 Å². The van der Waals surface area contributed by atoms with Crippen molar-refractivity contribution in [2.75, 3.05) is 0 Å². The third kappa shape index (κ3) is 5.86. The lowest BCUT2D eigenvalue weighted by atomic mass is 9.97. The molecule has 7 aromatic carbocycles. The van der Waals surface area contributed by atoms with E-state index in [4.69, 9.17) is 24.4 Å². The van der Waals surface area contributed by atoms with Crippen molar-refractivity contribution >= 4 is 43.7 Å². The Balaban J connectivity index is 0.930. The quantitative estimate of drug-likeness (QED) is 0.168. The molecule has 0 aliphatic carbocycles. The van der Waals surface area contributed by atoms with Gasteiger partial charge in [0.15, 0.2) is 23.1 Å². The summed E-state index contributed by atoms with van der Waals surface area (Å²) in [5, 5.41) is 5.40. The average Bonchev–Trinajstić information content (AvgIpc) is 3.67. The highest BCUT2D eigenvalue weighted by Crippen LogP contribution is 2.37. The molecule has 0 amide bonds. The number of fused-ring (bicyclic) bond motifs is 5. The second kappa shape index (κ2) is 13.4. The fourth-order valence-electron chi connectivity index (χ4n) is 7.60. The van der Waals surface area contributed by atoms with Gasteiger partial charge in [-0.25, -0.2) is 29.9 Å². The summed E-state index contributed by atoms with van der Waals surface area (Å²) in [6.07, 6.45) is 3.46. The molecule has 4 aromatic heterocycles. The Kier molecular flexibility index (Phi) is 7.67. The maximum atomic E-state index is 6.32. The summed E-state index contributed by atoms with van der Waals surface area (Å²) in [6.45, 7) is 0. The second-order valence-electron chi connectivity index (χ2n) is 14.0.